The molecule has 0 saturated heterocycles. The molecule has 0 unspecified atom stereocenters. The zero-order valence-corrected chi connectivity index (χ0v) is 7.16. The Labute approximate surface area is 75.3 Å². The molecular weight excluding hydrogens is 180 g/mol. The first kappa shape index (κ1) is 12.2. The Morgan fingerprint density at radius 1 is 1.38 bits per heavy atom. The van der Waals surface area contributed by atoms with Crippen molar-refractivity contribution in [3.8, 4) is 0 Å². The van der Waals surface area contributed by atoms with Gasteiger partial charge in [0.25, 0.3) is 0 Å². The summed E-state index contributed by atoms with van der Waals surface area (Å²) < 4.78 is 4.49. The molecule has 0 fully saturated rings. The zero-order valence-electron chi connectivity index (χ0n) is 7.16. The van der Waals surface area contributed by atoms with Crippen LogP contribution in [0.15, 0.2) is 12.0 Å². The van der Waals surface area contributed by atoms with Crippen LogP contribution in [-0.4, -0.2) is 57.6 Å². The molecule has 3 atom stereocenters. The number of ether oxygens (including phenoxy) is 1. The molecule has 0 aliphatic heterocycles. The van der Waals surface area contributed by atoms with Gasteiger partial charge in [0.2, 0.25) is 0 Å². The molecule has 0 saturated carbocycles. The third-order valence-electron chi connectivity index (χ3n) is 1.56. The highest BCUT2D eigenvalue weighted by Gasteiger charge is 2.27. The first-order valence-corrected chi connectivity index (χ1v) is 3.61. The molecule has 6 nitrogen and oxygen atoms in total. The highest BCUT2D eigenvalue weighted by molar-refractivity contribution is 4.99. The Kier molecular flexibility index (Phi) is 5.40. The number of methoxy groups -OCH3 is 1. The van der Waals surface area contributed by atoms with E-state index < -0.39 is 24.9 Å². The van der Waals surface area contributed by atoms with E-state index in [-0.39, 0.29) is 5.76 Å². The number of hydrogen-bond acceptors (Lipinski definition) is 6. The third-order valence-corrected chi connectivity index (χ3v) is 1.56. The van der Waals surface area contributed by atoms with E-state index >= 15 is 0 Å². The molecule has 0 bridgehead atoms. The Hall–Kier alpha value is -0.820. The number of hydrogen-bond donors (Lipinski definition) is 5. The quantitative estimate of drug-likeness (QED) is 0.327. The third kappa shape index (κ3) is 3.19. The van der Waals surface area contributed by atoms with Crippen molar-refractivity contribution in [3.63, 3.8) is 0 Å². The average Bonchev–Trinajstić information content (AvgIpc) is 2.17. The van der Waals surface area contributed by atoms with Gasteiger partial charge >= 0.3 is 0 Å². The van der Waals surface area contributed by atoms with Crippen LogP contribution in [0, 0.1) is 0 Å². The molecule has 0 aromatic rings. The summed E-state index contributed by atoms with van der Waals surface area (Å²) in [6, 6.07) is 0. The summed E-state index contributed by atoms with van der Waals surface area (Å²) in [6.45, 7) is -0.694. The van der Waals surface area contributed by atoms with Crippen LogP contribution < -0.4 is 0 Å². The van der Waals surface area contributed by atoms with Crippen molar-refractivity contribution in [1.29, 1.82) is 0 Å². The second-order valence-electron chi connectivity index (χ2n) is 2.42. The largest absolute Gasteiger partial charge is 0.512 e. The van der Waals surface area contributed by atoms with Crippen LogP contribution in [0.2, 0.25) is 0 Å². The van der Waals surface area contributed by atoms with Crippen LogP contribution >= 0.6 is 0 Å². The van der Waals surface area contributed by atoms with E-state index in [1.165, 1.54) is 7.11 Å². The highest BCUT2D eigenvalue weighted by Crippen LogP contribution is 2.09. The molecule has 6 heteroatoms. The first-order valence-electron chi connectivity index (χ1n) is 3.61. The molecule has 0 spiro atoms. The second-order valence-corrected chi connectivity index (χ2v) is 2.42. The van der Waals surface area contributed by atoms with Gasteiger partial charge in [0, 0.05) is 0 Å². The van der Waals surface area contributed by atoms with E-state index in [9.17, 15) is 5.11 Å². The van der Waals surface area contributed by atoms with Crippen LogP contribution in [0.25, 0.3) is 0 Å². The van der Waals surface area contributed by atoms with Crippen LogP contribution in [0.1, 0.15) is 0 Å². The van der Waals surface area contributed by atoms with Crippen molar-refractivity contribution in [3.05, 3.63) is 12.0 Å². The van der Waals surface area contributed by atoms with Crippen LogP contribution in [0.4, 0.5) is 0 Å². The lowest BCUT2D eigenvalue weighted by atomic mass is 10.1. The number of aliphatic hydroxyl groups is 5. The van der Waals surface area contributed by atoms with Gasteiger partial charge in [-0.05, 0) is 0 Å². The van der Waals surface area contributed by atoms with E-state index in [1.807, 2.05) is 0 Å². The lowest BCUT2D eigenvalue weighted by molar-refractivity contribution is -0.0776. The fraction of sp³-hybridized carbons (Fsp3) is 0.714. The van der Waals surface area contributed by atoms with E-state index in [2.05, 4.69) is 4.74 Å². The van der Waals surface area contributed by atoms with Gasteiger partial charge in [-0.3, -0.25) is 0 Å². The minimum atomic E-state index is -1.61. The maximum Gasteiger partial charge on any atom is 0.161 e. The summed E-state index contributed by atoms with van der Waals surface area (Å²) in [5, 5.41) is 44.2. The minimum Gasteiger partial charge on any atom is -0.512 e. The molecule has 13 heavy (non-hydrogen) atoms. The van der Waals surface area contributed by atoms with Gasteiger partial charge in [-0.25, -0.2) is 0 Å². The Morgan fingerprint density at radius 3 is 2.23 bits per heavy atom. The minimum absolute atomic E-state index is 0.292. The SMILES string of the molecule is COC(=CO)[C@@H](O)[C@H](O)[C@H](O)CO. The molecule has 0 aliphatic rings. The summed E-state index contributed by atoms with van der Waals surface area (Å²) in [4.78, 5) is 0. The van der Waals surface area contributed by atoms with Crippen molar-refractivity contribution < 1.29 is 30.3 Å². The molecule has 0 radical (unpaired) electrons. The number of rotatable bonds is 5. The summed E-state index contributed by atoms with van der Waals surface area (Å²) in [6.07, 6.45) is -4.20. The summed E-state index contributed by atoms with van der Waals surface area (Å²) in [7, 11) is 1.18. The maximum atomic E-state index is 9.20. The molecule has 0 amide bonds. The molecule has 5 N–H and O–H groups in total. The average molecular weight is 194 g/mol. The second kappa shape index (κ2) is 5.76. The van der Waals surface area contributed by atoms with Crippen LogP contribution in [0.5, 0.6) is 0 Å². The Morgan fingerprint density at radius 2 is 1.92 bits per heavy atom. The zero-order chi connectivity index (χ0) is 10.4. The Bertz CT molecular complexity index is 168. The maximum absolute atomic E-state index is 9.20. The van der Waals surface area contributed by atoms with Gasteiger partial charge in [-0.15, -0.1) is 0 Å². The smallest absolute Gasteiger partial charge is 0.161 e. The highest BCUT2D eigenvalue weighted by atomic mass is 16.5. The van der Waals surface area contributed by atoms with Gasteiger partial charge in [-0.1, -0.05) is 0 Å². The first-order chi connectivity index (χ1) is 6.08. The van der Waals surface area contributed by atoms with Crippen molar-refractivity contribution in [2.24, 2.45) is 0 Å². The van der Waals surface area contributed by atoms with Gasteiger partial charge in [0.05, 0.1) is 13.7 Å². The molecule has 0 aromatic carbocycles. The normalized spacial score (nSPS) is 19.3. The molecule has 0 aromatic heterocycles. The molecule has 0 heterocycles. The monoisotopic (exact) mass is 194 g/mol. The number of aliphatic hydroxyl groups excluding tert-OH is 5. The van der Waals surface area contributed by atoms with E-state index in [0.717, 1.165) is 0 Å². The van der Waals surface area contributed by atoms with E-state index in [1.54, 1.807) is 0 Å². The topological polar surface area (TPSA) is 110 Å². The summed E-state index contributed by atoms with van der Waals surface area (Å²) >= 11 is 0. The predicted octanol–water partition coefficient (Wildman–Crippen LogP) is -1.89. The standard InChI is InChI=1S/C7H14O6/c1-13-5(3-9)7(12)6(11)4(10)2-8/h3-4,6-12H,2H2,1H3/t4-,6-,7-/m1/s1. The van der Waals surface area contributed by atoms with Gasteiger partial charge in [0.1, 0.15) is 24.6 Å². The molecule has 0 aliphatic carbocycles. The fourth-order valence-corrected chi connectivity index (χ4v) is 0.737. The van der Waals surface area contributed by atoms with Crippen molar-refractivity contribution in [1.82, 2.24) is 0 Å². The Balaban J connectivity index is 4.31. The van der Waals surface area contributed by atoms with Crippen molar-refractivity contribution >= 4 is 0 Å². The molecular formula is C7H14O6. The fourth-order valence-electron chi connectivity index (χ4n) is 0.737. The van der Waals surface area contributed by atoms with Gasteiger partial charge in [-0.2, -0.15) is 0 Å². The molecule has 78 valence electrons. The lowest BCUT2D eigenvalue weighted by Gasteiger charge is -2.21. The predicted molar refractivity (Wildman–Crippen MR) is 42.8 cm³/mol. The van der Waals surface area contributed by atoms with Crippen molar-refractivity contribution in [2.75, 3.05) is 13.7 Å². The van der Waals surface area contributed by atoms with Crippen molar-refractivity contribution in [2.45, 2.75) is 18.3 Å². The van der Waals surface area contributed by atoms with Crippen LogP contribution in [-0.2, 0) is 4.74 Å². The van der Waals surface area contributed by atoms with E-state index in [4.69, 9.17) is 20.4 Å². The van der Waals surface area contributed by atoms with Gasteiger partial charge in [0.15, 0.2) is 5.76 Å². The van der Waals surface area contributed by atoms with Gasteiger partial charge < -0.3 is 30.3 Å². The summed E-state index contributed by atoms with van der Waals surface area (Å²) in [5.74, 6) is -0.292. The van der Waals surface area contributed by atoms with Crippen LogP contribution in [0.3, 0.4) is 0 Å². The van der Waals surface area contributed by atoms with E-state index in [0.29, 0.717) is 6.26 Å². The lowest BCUT2D eigenvalue weighted by Crippen LogP contribution is -2.40. The molecule has 0 rings (SSSR count). The summed E-state index contributed by atoms with van der Waals surface area (Å²) in [5.41, 5.74) is 0.